The zero-order valence-corrected chi connectivity index (χ0v) is 17.7. The van der Waals surface area contributed by atoms with Gasteiger partial charge in [-0.05, 0) is 35.4 Å². The number of hydrogen-bond donors (Lipinski definition) is 0. The fraction of sp³-hybridized carbons (Fsp3) is 0.200. The molecule has 6 rings (SSSR count). The number of hydrogen-bond acceptors (Lipinski definition) is 4. The maximum Gasteiger partial charge on any atom is 0.272 e. The molecule has 7 heteroatoms. The molecule has 4 aromatic rings. The third kappa shape index (κ3) is 3.32. The summed E-state index contributed by atoms with van der Waals surface area (Å²) >= 11 is 1.35. The van der Waals surface area contributed by atoms with Gasteiger partial charge >= 0.3 is 0 Å². The molecule has 0 unspecified atom stereocenters. The molecule has 2 aromatic heterocycles. The number of alkyl halides is 2. The Balaban J connectivity index is 1.28. The van der Waals surface area contributed by atoms with Crippen molar-refractivity contribution in [1.29, 1.82) is 0 Å². The zero-order valence-electron chi connectivity index (χ0n) is 16.9. The molecule has 0 amide bonds. The highest BCUT2D eigenvalue weighted by Gasteiger charge is 2.43. The van der Waals surface area contributed by atoms with Gasteiger partial charge in [-0.2, -0.15) is 0 Å². The Morgan fingerprint density at radius 3 is 2.41 bits per heavy atom. The van der Waals surface area contributed by atoms with E-state index < -0.39 is 11.7 Å². The first kappa shape index (κ1) is 19.6. The molecule has 0 atom stereocenters. The van der Waals surface area contributed by atoms with Crippen LogP contribution in [0.3, 0.4) is 0 Å². The minimum Gasteiger partial charge on any atom is -0.287 e. The zero-order chi connectivity index (χ0) is 21.9. The van der Waals surface area contributed by atoms with Crippen LogP contribution in [-0.4, -0.2) is 33.9 Å². The smallest absolute Gasteiger partial charge is 0.272 e. The highest BCUT2D eigenvalue weighted by molar-refractivity contribution is 7.21. The van der Waals surface area contributed by atoms with Gasteiger partial charge in [0.1, 0.15) is 21.2 Å². The lowest BCUT2D eigenvalue weighted by atomic mass is 9.89. The molecule has 0 saturated carbocycles. The molecule has 0 radical (unpaired) electrons. The van der Waals surface area contributed by atoms with Crippen LogP contribution in [-0.2, 0) is 12.0 Å². The van der Waals surface area contributed by atoms with Gasteiger partial charge in [0.15, 0.2) is 0 Å². The summed E-state index contributed by atoms with van der Waals surface area (Å²) < 4.78 is 40.9. The first-order chi connectivity index (χ1) is 15.4. The van der Waals surface area contributed by atoms with Crippen LogP contribution in [0, 0.1) is 5.82 Å². The number of allylic oxidation sites excluding steroid dienone is 2. The molecule has 0 bridgehead atoms. The lowest BCUT2D eigenvalue weighted by Gasteiger charge is -2.38. The first-order valence-electron chi connectivity index (χ1n) is 10.3. The highest BCUT2D eigenvalue weighted by Crippen LogP contribution is 2.45. The van der Waals surface area contributed by atoms with Gasteiger partial charge in [0.05, 0.1) is 24.2 Å². The Bertz CT molecular complexity index is 1350. The van der Waals surface area contributed by atoms with E-state index in [0.29, 0.717) is 22.7 Å². The fourth-order valence-electron chi connectivity index (χ4n) is 4.28. The number of thiazole rings is 1. The normalized spacial score (nSPS) is 18.6. The van der Waals surface area contributed by atoms with Crippen molar-refractivity contribution < 1.29 is 13.2 Å². The van der Waals surface area contributed by atoms with Crippen molar-refractivity contribution in [1.82, 2.24) is 14.9 Å². The molecule has 2 aliphatic rings. The Morgan fingerprint density at radius 2 is 1.72 bits per heavy atom. The number of aromatic nitrogens is 2. The second-order valence-corrected chi connectivity index (χ2v) is 9.40. The maximum absolute atomic E-state index is 14.9. The third-order valence-electron chi connectivity index (χ3n) is 6.01. The molecule has 2 aromatic carbocycles. The van der Waals surface area contributed by atoms with Crippen LogP contribution in [0.5, 0.6) is 0 Å². The fourth-order valence-corrected chi connectivity index (χ4v) is 5.24. The Kier molecular flexibility index (Phi) is 4.29. The molecule has 1 fully saturated rings. The summed E-state index contributed by atoms with van der Waals surface area (Å²) in [7, 11) is 0. The minimum atomic E-state index is -2.62. The molecule has 3 heterocycles. The summed E-state index contributed by atoms with van der Waals surface area (Å²) in [6, 6.07) is 19.0. The van der Waals surface area contributed by atoms with E-state index in [1.54, 1.807) is 17.0 Å². The SMILES string of the molecule is Fc1cc(CN2CC(F)(F)C2)ccc1-c1nc2ccc(C3(c4ccccc4)C=C3)nc2s1. The molecule has 32 heavy (non-hydrogen) atoms. The van der Waals surface area contributed by atoms with Gasteiger partial charge in [0, 0.05) is 12.1 Å². The summed E-state index contributed by atoms with van der Waals surface area (Å²) in [5, 5.41) is 0.557. The predicted octanol–water partition coefficient (Wildman–Crippen LogP) is 5.80. The number of nitrogens with zero attached hydrogens (tertiary/aromatic N) is 3. The number of halogens is 3. The number of fused-ring (bicyclic) bond motifs is 1. The van der Waals surface area contributed by atoms with Crippen LogP contribution in [0.1, 0.15) is 16.8 Å². The molecule has 1 aliphatic carbocycles. The number of pyridine rings is 1. The monoisotopic (exact) mass is 449 g/mol. The average molecular weight is 450 g/mol. The first-order valence-corrected chi connectivity index (χ1v) is 11.2. The molecule has 3 nitrogen and oxygen atoms in total. The predicted molar refractivity (Wildman–Crippen MR) is 119 cm³/mol. The van der Waals surface area contributed by atoms with Gasteiger partial charge in [-0.1, -0.05) is 59.9 Å². The Labute approximate surface area is 186 Å². The molecule has 0 N–H and O–H groups in total. The van der Waals surface area contributed by atoms with E-state index in [1.807, 2.05) is 30.3 Å². The van der Waals surface area contributed by atoms with Crippen molar-refractivity contribution >= 4 is 21.7 Å². The Hall–Kier alpha value is -3.03. The summed E-state index contributed by atoms with van der Waals surface area (Å²) in [5.74, 6) is -3.03. The largest absolute Gasteiger partial charge is 0.287 e. The van der Waals surface area contributed by atoms with E-state index in [-0.39, 0.29) is 18.5 Å². The van der Waals surface area contributed by atoms with Crippen molar-refractivity contribution in [2.24, 2.45) is 0 Å². The average Bonchev–Trinajstić information content (AvgIpc) is 3.46. The van der Waals surface area contributed by atoms with E-state index >= 15 is 0 Å². The number of likely N-dealkylation sites (tertiary alicyclic amines) is 1. The van der Waals surface area contributed by atoms with Crippen molar-refractivity contribution in [3.05, 3.63) is 95.5 Å². The summed E-state index contributed by atoms with van der Waals surface area (Å²) in [6.45, 7) is -0.241. The van der Waals surface area contributed by atoms with Crippen LogP contribution >= 0.6 is 11.3 Å². The van der Waals surface area contributed by atoms with Gasteiger partial charge in [-0.25, -0.2) is 23.1 Å². The molecule has 0 spiro atoms. The summed E-state index contributed by atoms with van der Waals surface area (Å²) in [6.07, 6.45) is 4.26. The lowest BCUT2D eigenvalue weighted by molar-refractivity contribution is -0.133. The van der Waals surface area contributed by atoms with Gasteiger partial charge in [0.25, 0.3) is 5.92 Å². The number of rotatable bonds is 5. The van der Waals surface area contributed by atoms with Gasteiger partial charge in [-0.3, -0.25) is 4.90 Å². The van der Waals surface area contributed by atoms with Crippen LogP contribution in [0.15, 0.2) is 72.8 Å². The van der Waals surface area contributed by atoms with Gasteiger partial charge in [-0.15, -0.1) is 0 Å². The Morgan fingerprint density at radius 1 is 0.938 bits per heavy atom. The van der Waals surface area contributed by atoms with Crippen molar-refractivity contribution in [3.8, 4) is 10.6 Å². The standard InChI is InChI=1S/C25H18F3N3S/c26-19-12-16(13-31-14-25(27,28)15-31)6-7-18(19)22-29-20-8-9-21(30-23(20)32-22)24(10-11-24)17-4-2-1-3-5-17/h1-12H,13-15H2. The molecule has 1 aliphatic heterocycles. The van der Waals surface area contributed by atoms with E-state index in [1.165, 1.54) is 17.4 Å². The van der Waals surface area contributed by atoms with Crippen LogP contribution in [0.25, 0.3) is 20.9 Å². The molecular weight excluding hydrogens is 431 g/mol. The van der Waals surface area contributed by atoms with Gasteiger partial charge in [0.2, 0.25) is 0 Å². The third-order valence-corrected chi connectivity index (χ3v) is 7.01. The maximum atomic E-state index is 14.9. The van der Waals surface area contributed by atoms with Crippen molar-refractivity contribution in [2.45, 2.75) is 17.9 Å². The second kappa shape index (κ2) is 6.98. The second-order valence-electron chi connectivity index (χ2n) is 8.42. The van der Waals surface area contributed by atoms with Crippen LogP contribution in [0.2, 0.25) is 0 Å². The minimum absolute atomic E-state index is 0.276. The van der Waals surface area contributed by atoms with Gasteiger partial charge < -0.3 is 0 Å². The number of benzene rings is 2. The van der Waals surface area contributed by atoms with Crippen LogP contribution in [0.4, 0.5) is 13.2 Å². The van der Waals surface area contributed by atoms with Crippen molar-refractivity contribution in [2.75, 3.05) is 13.1 Å². The van der Waals surface area contributed by atoms with Crippen LogP contribution < -0.4 is 0 Å². The molecule has 1 saturated heterocycles. The van der Waals surface area contributed by atoms with E-state index in [4.69, 9.17) is 4.98 Å². The van der Waals surface area contributed by atoms with E-state index in [2.05, 4.69) is 29.3 Å². The topological polar surface area (TPSA) is 29.0 Å². The summed E-state index contributed by atoms with van der Waals surface area (Å²) in [5.41, 5.74) is 3.61. The van der Waals surface area contributed by atoms with Crippen molar-refractivity contribution in [3.63, 3.8) is 0 Å². The molecular formula is C25H18F3N3S. The quantitative estimate of drug-likeness (QED) is 0.361. The molecule has 160 valence electrons. The lowest BCUT2D eigenvalue weighted by Crippen LogP contribution is -2.55. The summed E-state index contributed by atoms with van der Waals surface area (Å²) in [4.78, 5) is 11.8. The highest BCUT2D eigenvalue weighted by atomic mass is 32.1. The van der Waals surface area contributed by atoms with E-state index in [0.717, 1.165) is 21.6 Å². The van der Waals surface area contributed by atoms with E-state index in [9.17, 15) is 13.2 Å².